The topological polar surface area (TPSA) is 61.2 Å². The van der Waals surface area contributed by atoms with Gasteiger partial charge in [0.15, 0.2) is 5.78 Å². The maximum Gasteiger partial charge on any atom is 0.416 e. The van der Waals surface area contributed by atoms with Crippen molar-refractivity contribution in [3.05, 3.63) is 81.9 Å². The van der Waals surface area contributed by atoms with Crippen molar-refractivity contribution in [1.29, 1.82) is 0 Å². The largest absolute Gasteiger partial charge is 0.497 e. The molecule has 3 aromatic rings. The summed E-state index contributed by atoms with van der Waals surface area (Å²) in [7, 11) is 1.51. The Bertz CT molecular complexity index is 1170. The van der Waals surface area contributed by atoms with Crippen molar-refractivity contribution in [2.75, 3.05) is 7.11 Å². The number of halogens is 4. The van der Waals surface area contributed by atoms with Gasteiger partial charge in [-0.25, -0.2) is 9.07 Å². The number of Topliss-reactive ketones (excluding diaryl/α,β-unsaturated/α-hetero) is 1. The molecular formula is C22H18F4N2O3. The van der Waals surface area contributed by atoms with Gasteiger partial charge in [-0.3, -0.25) is 9.59 Å². The quantitative estimate of drug-likeness (QED) is 0.538. The number of rotatable bonds is 6. The molecule has 0 aliphatic rings. The van der Waals surface area contributed by atoms with Crippen molar-refractivity contribution in [3.8, 4) is 17.0 Å². The van der Waals surface area contributed by atoms with E-state index in [9.17, 15) is 27.2 Å². The molecule has 1 heterocycles. The van der Waals surface area contributed by atoms with Crippen LogP contribution in [0.25, 0.3) is 11.3 Å². The van der Waals surface area contributed by atoms with E-state index in [1.54, 1.807) is 24.3 Å². The monoisotopic (exact) mass is 434 g/mol. The standard InChI is InChI=1S/C22H18F4N2O3/c1-13(20(29)11-14-6-7-16(12-18(14)23)22(24,25)26)28-21(30)9-8-19(27-28)15-4-3-5-17(10-15)31-2/h3-10,12-13H,11H2,1-2H3. The van der Waals surface area contributed by atoms with Crippen LogP contribution < -0.4 is 10.3 Å². The molecule has 0 aliphatic heterocycles. The second kappa shape index (κ2) is 8.71. The van der Waals surface area contributed by atoms with Crippen LogP contribution in [0.2, 0.25) is 0 Å². The summed E-state index contributed by atoms with van der Waals surface area (Å²) in [6.45, 7) is 1.42. The van der Waals surface area contributed by atoms with Crippen LogP contribution in [0.3, 0.4) is 0 Å². The van der Waals surface area contributed by atoms with Crippen LogP contribution in [0.15, 0.2) is 59.4 Å². The Morgan fingerprint density at radius 3 is 2.52 bits per heavy atom. The van der Waals surface area contributed by atoms with E-state index in [4.69, 9.17) is 4.74 Å². The Hall–Kier alpha value is -3.49. The van der Waals surface area contributed by atoms with Gasteiger partial charge in [-0.05, 0) is 42.8 Å². The fraction of sp³-hybridized carbons (Fsp3) is 0.227. The van der Waals surface area contributed by atoms with Gasteiger partial charge >= 0.3 is 6.18 Å². The summed E-state index contributed by atoms with van der Waals surface area (Å²) in [5.74, 6) is -1.13. The van der Waals surface area contributed by atoms with Gasteiger partial charge in [-0.1, -0.05) is 18.2 Å². The normalized spacial score (nSPS) is 12.5. The van der Waals surface area contributed by atoms with Gasteiger partial charge in [-0.2, -0.15) is 18.3 Å². The third-order valence-corrected chi connectivity index (χ3v) is 4.77. The molecule has 0 saturated carbocycles. The van der Waals surface area contributed by atoms with Crippen LogP contribution in [0, 0.1) is 5.82 Å². The van der Waals surface area contributed by atoms with E-state index in [2.05, 4.69) is 5.10 Å². The molecule has 0 aliphatic carbocycles. The van der Waals surface area contributed by atoms with Gasteiger partial charge in [0.05, 0.1) is 18.4 Å². The lowest BCUT2D eigenvalue weighted by Gasteiger charge is -2.15. The molecule has 2 aromatic carbocycles. The first-order valence-electron chi connectivity index (χ1n) is 9.23. The third-order valence-electron chi connectivity index (χ3n) is 4.77. The number of hydrogen-bond acceptors (Lipinski definition) is 4. The molecule has 1 unspecified atom stereocenters. The van der Waals surface area contributed by atoms with Crippen LogP contribution in [0.1, 0.15) is 24.1 Å². The average molecular weight is 434 g/mol. The minimum atomic E-state index is -4.69. The van der Waals surface area contributed by atoms with E-state index in [1.165, 1.54) is 26.2 Å². The molecule has 0 fully saturated rings. The van der Waals surface area contributed by atoms with Crippen LogP contribution in [-0.4, -0.2) is 22.7 Å². The third kappa shape index (κ3) is 4.99. The molecule has 0 bridgehead atoms. The molecule has 0 radical (unpaired) electrons. The zero-order chi connectivity index (χ0) is 22.8. The smallest absolute Gasteiger partial charge is 0.416 e. The van der Waals surface area contributed by atoms with Crippen molar-refractivity contribution in [2.24, 2.45) is 0 Å². The first-order chi connectivity index (χ1) is 14.6. The summed E-state index contributed by atoms with van der Waals surface area (Å²) in [6, 6.07) is 10.6. The fourth-order valence-electron chi connectivity index (χ4n) is 2.98. The Balaban J connectivity index is 1.86. The van der Waals surface area contributed by atoms with Crippen molar-refractivity contribution in [2.45, 2.75) is 25.6 Å². The number of methoxy groups -OCH3 is 1. The zero-order valence-corrected chi connectivity index (χ0v) is 16.6. The molecule has 0 saturated heterocycles. The summed E-state index contributed by atoms with van der Waals surface area (Å²) < 4.78 is 58.3. The van der Waals surface area contributed by atoms with Crippen LogP contribution in [0.4, 0.5) is 17.6 Å². The maximum atomic E-state index is 14.1. The van der Waals surface area contributed by atoms with E-state index in [-0.39, 0.29) is 5.56 Å². The summed E-state index contributed by atoms with van der Waals surface area (Å²) in [5, 5.41) is 4.23. The molecule has 0 spiro atoms. The first kappa shape index (κ1) is 22.2. The number of carbonyl (C=O) groups is 1. The van der Waals surface area contributed by atoms with Gasteiger partial charge in [0.25, 0.3) is 5.56 Å². The minimum absolute atomic E-state index is 0.193. The van der Waals surface area contributed by atoms with Crippen LogP contribution in [-0.2, 0) is 17.4 Å². The van der Waals surface area contributed by atoms with Crippen molar-refractivity contribution >= 4 is 5.78 Å². The SMILES string of the molecule is COc1cccc(-c2ccc(=O)n(C(C)C(=O)Cc3ccc(C(F)(F)F)cc3F)n2)c1. The second-order valence-corrected chi connectivity index (χ2v) is 6.86. The molecular weight excluding hydrogens is 416 g/mol. The maximum absolute atomic E-state index is 14.1. The lowest BCUT2D eigenvalue weighted by Crippen LogP contribution is -2.31. The summed E-state index contributed by atoms with van der Waals surface area (Å²) in [4.78, 5) is 24.9. The molecule has 0 amide bonds. The molecule has 0 N–H and O–H groups in total. The van der Waals surface area contributed by atoms with Crippen LogP contribution in [0.5, 0.6) is 5.75 Å². The fourth-order valence-corrected chi connectivity index (χ4v) is 2.98. The molecule has 162 valence electrons. The lowest BCUT2D eigenvalue weighted by atomic mass is 10.0. The van der Waals surface area contributed by atoms with Gasteiger partial charge < -0.3 is 4.74 Å². The van der Waals surface area contributed by atoms with Gasteiger partial charge in [0.2, 0.25) is 0 Å². The van der Waals surface area contributed by atoms with Gasteiger partial charge in [0, 0.05) is 18.1 Å². The number of ether oxygens (including phenoxy) is 1. The average Bonchev–Trinajstić information content (AvgIpc) is 2.74. The Kier molecular flexibility index (Phi) is 6.24. The highest BCUT2D eigenvalue weighted by Gasteiger charge is 2.31. The van der Waals surface area contributed by atoms with Crippen molar-refractivity contribution in [1.82, 2.24) is 9.78 Å². The molecule has 31 heavy (non-hydrogen) atoms. The van der Waals surface area contributed by atoms with E-state index >= 15 is 0 Å². The Morgan fingerprint density at radius 1 is 1.13 bits per heavy atom. The van der Waals surface area contributed by atoms with E-state index in [1.807, 2.05) is 0 Å². The molecule has 1 aromatic heterocycles. The zero-order valence-electron chi connectivity index (χ0n) is 16.6. The second-order valence-electron chi connectivity index (χ2n) is 6.86. The lowest BCUT2D eigenvalue weighted by molar-refractivity contribution is -0.137. The number of hydrogen-bond donors (Lipinski definition) is 0. The van der Waals surface area contributed by atoms with E-state index in [0.29, 0.717) is 29.1 Å². The summed E-state index contributed by atoms with van der Waals surface area (Å²) >= 11 is 0. The number of benzene rings is 2. The van der Waals surface area contributed by atoms with E-state index in [0.717, 1.165) is 10.7 Å². The number of ketones is 1. The number of carbonyl (C=O) groups excluding carboxylic acids is 1. The Labute approximate surface area is 174 Å². The van der Waals surface area contributed by atoms with Crippen molar-refractivity contribution < 1.29 is 27.1 Å². The summed E-state index contributed by atoms with van der Waals surface area (Å²) in [6.07, 6.45) is -5.17. The van der Waals surface area contributed by atoms with Crippen LogP contribution >= 0.6 is 0 Å². The molecule has 3 rings (SSSR count). The highest BCUT2D eigenvalue weighted by molar-refractivity contribution is 5.84. The number of alkyl halides is 3. The Morgan fingerprint density at radius 2 is 1.87 bits per heavy atom. The predicted octanol–water partition coefficient (Wildman–Crippen LogP) is 4.45. The van der Waals surface area contributed by atoms with E-state index < -0.39 is 41.4 Å². The predicted molar refractivity (Wildman–Crippen MR) is 105 cm³/mol. The molecule has 1 atom stereocenters. The molecule has 9 heteroatoms. The number of nitrogens with zero attached hydrogens (tertiary/aromatic N) is 2. The van der Waals surface area contributed by atoms with Crippen molar-refractivity contribution in [3.63, 3.8) is 0 Å². The minimum Gasteiger partial charge on any atom is -0.497 e. The summed E-state index contributed by atoms with van der Waals surface area (Å²) in [5.41, 5.74) is -0.805. The highest BCUT2D eigenvalue weighted by atomic mass is 19.4. The van der Waals surface area contributed by atoms with Gasteiger partial charge in [0.1, 0.15) is 17.6 Å². The first-order valence-corrected chi connectivity index (χ1v) is 9.23. The number of aromatic nitrogens is 2. The van der Waals surface area contributed by atoms with Gasteiger partial charge in [-0.15, -0.1) is 0 Å². The molecule has 5 nitrogen and oxygen atoms in total. The highest BCUT2D eigenvalue weighted by Crippen LogP contribution is 2.30.